The number of nitrogens with one attached hydrogen (secondary N) is 1. The molecule has 0 unspecified atom stereocenters. The Bertz CT molecular complexity index is 1280. The minimum absolute atomic E-state index is 0.0226. The molecule has 0 bridgehead atoms. The molecule has 0 atom stereocenters. The Balaban J connectivity index is 1.76. The third-order valence-electron chi connectivity index (χ3n) is 4.60. The number of benzene rings is 2. The summed E-state index contributed by atoms with van der Waals surface area (Å²) < 4.78 is 24.8. The van der Waals surface area contributed by atoms with Crippen LogP contribution < -0.4 is 10.6 Å². The number of hydrazone groups is 1. The van der Waals surface area contributed by atoms with Crippen LogP contribution in [-0.2, 0) is 10.0 Å². The number of carbonyl (C=O) groups excluding carboxylic acids is 1. The van der Waals surface area contributed by atoms with Gasteiger partial charge in [-0.1, -0.05) is 0 Å². The van der Waals surface area contributed by atoms with E-state index >= 15 is 0 Å². The molecule has 31 heavy (non-hydrogen) atoms. The van der Waals surface area contributed by atoms with Gasteiger partial charge in [0.05, 0.1) is 16.0 Å². The zero-order chi connectivity index (χ0) is 22.8. The maximum absolute atomic E-state index is 12.1. The Morgan fingerprint density at radius 2 is 1.74 bits per heavy atom. The summed E-state index contributed by atoms with van der Waals surface area (Å²) in [5.74, 6) is -0.501. The summed E-state index contributed by atoms with van der Waals surface area (Å²) in [5.41, 5.74) is 5.72. The number of hydrogen-bond acceptors (Lipinski definition) is 6. The first-order chi connectivity index (χ1) is 14.6. The van der Waals surface area contributed by atoms with Crippen molar-refractivity contribution in [3.63, 3.8) is 0 Å². The molecule has 1 heterocycles. The third kappa shape index (κ3) is 4.85. The first-order valence-electron chi connectivity index (χ1n) is 8.98. The minimum Gasteiger partial charge on any atom is -0.318 e. The molecule has 3 rings (SSSR count). The van der Waals surface area contributed by atoms with E-state index in [1.807, 2.05) is 24.5 Å². The topological polar surface area (TPSA) is 150 Å². The largest absolute Gasteiger partial charge is 0.318 e. The Kier molecular flexibility index (Phi) is 5.99. The SMILES string of the molecule is Cc1cc(/C=N\NC(=O)c2ccc([N+](=O)[O-])cc2)c(C)n1-c1ccc(S(N)(=O)=O)cc1. The smallest absolute Gasteiger partial charge is 0.271 e. The zero-order valence-electron chi connectivity index (χ0n) is 16.6. The Morgan fingerprint density at radius 1 is 1.13 bits per heavy atom. The van der Waals surface area contributed by atoms with Crippen molar-refractivity contribution < 1.29 is 18.1 Å². The summed E-state index contributed by atoms with van der Waals surface area (Å²) in [6.07, 6.45) is 1.49. The number of nitro groups is 1. The van der Waals surface area contributed by atoms with Gasteiger partial charge in [-0.25, -0.2) is 19.0 Å². The fourth-order valence-electron chi connectivity index (χ4n) is 3.06. The van der Waals surface area contributed by atoms with E-state index in [4.69, 9.17) is 5.14 Å². The highest BCUT2D eigenvalue weighted by Crippen LogP contribution is 2.21. The third-order valence-corrected chi connectivity index (χ3v) is 5.53. The quantitative estimate of drug-likeness (QED) is 0.342. The van der Waals surface area contributed by atoms with Crippen molar-refractivity contribution in [1.82, 2.24) is 9.99 Å². The predicted molar refractivity (Wildman–Crippen MR) is 115 cm³/mol. The first kappa shape index (κ1) is 21.9. The number of nitrogens with two attached hydrogens (primary N) is 1. The van der Waals surface area contributed by atoms with E-state index in [9.17, 15) is 23.3 Å². The molecule has 3 aromatic rings. The molecule has 0 spiro atoms. The summed E-state index contributed by atoms with van der Waals surface area (Å²) in [6, 6.07) is 13.2. The molecule has 160 valence electrons. The van der Waals surface area contributed by atoms with Gasteiger partial charge in [0.15, 0.2) is 0 Å². The molecule has 0 fully saturated rings. The Hall–Kier alpha value is -3.83. The number of aryl methyl sites for hydroxylation is 1. The number of primary sulfonamides is 1. The lowest BCUT2D eigenvalue weighted by molar-refractivity contribution is -0.384. The van der Waals surface area contributed by atoms with Gasteiger partial charge in [0.1, 0.15) is 0 Å². The van der Waals surface area contributed by atoms with Gasteiger partial charge in [0, 0.05) is 40.3 Å². The molecule has 0 aliphatic rings. The van der Waals surface area contributed by atoms with E-state index in [0.29, 0.717) is 0 Å². The number of rotatable bonds is 6. The molecule has 0 saturated carbocycles. The van der Waals surface area contributed by atoms with Crippen LogP contribution in [0.1, 0.15) is 27.3 Å². The Labute approximate surface area is 178 Å². The molecular weight excluding hydrogens is 422 g/mol. The van der Waals surface area contributed by atoms with Gasteiger partial charge in [-0.15, -0.1) is 0 Å². The molecule has 0 aliphatic heterocycles. The number of nitro benzene ring substituents is 1. The fourth-order valence-corrected chi connectivity index (χ4v) is 3.58. The number of carbonyl (C=O) groups is 1. The van der Waals surface area contributed by atoms with Gasteiger partial charge in [-0.3, -0.25) is 14.9 Å². The molecule has 0 radical (unpaired) electrons. The van der Waals surface area contributed by atoms with Gasteiger partial charge < -0.3 is 4.57 Å². The van der Waals surface area contributed by atoms with Crippen LogP contribution in [0.25, 0.3) is 5.69 Å². The van der Waals surface area contributed by atoms with Crippen LogP contribution in [-0.4, -0.2) is 30.0 Å². The summed E-state index contributed by atoms with van der Waals surface area (Å²) in [4.78, 5) is 22.3. The molecular formula is C20H19N5O5S. The summed E-state index contributed by atoms with van der Waals surface area (Å²) in [7, 11) is -3.77. The number of amides is 1. The molecule has 1 amide bonds. The van der Waals surface area contributed by atoms with E-state index in [1.54, 1.807) is 12.1 Å². The highest BCUT2D eigenvalue weighted by Gasteiger charge is 2.12. The standard InChI is InChI=1S/C20H19N5O5S/c1-13-11-16(12-22-23-20(26)15-3-5-18(6-4-15)25(27)28)14(2)24(13)17-7-9-19(10-8-17)31(21,29)30/h3-12H,1-2H3,(H,23,26)(H2,21,29,30)/b22-12-. The lowest BCUT2D eigenvalue weighted by Gasteiger charge is -2.10. The van der Waals surface area contributed by atoms with Gasteiger partial charge in [0.25, 0.3) is 11.6 Å². The van der Waals surface area contributed by atoms with Crippen molar-refractivity contribution >= 4 is 27.8 Å². The van der Waals surface area contributed by atoms with Crippen LogP contribution in [0.3, 0.4) is 0 Å². The fraction of sp³-hybridized carbons (Fsp3) is 0.100. The number of sulfonamides is 1. The van der Waals surface area contributed by atoms with E-state index < -0.39 is 20.9 Å². The van der Waals surface area contributed by atoms with Crippen molar-refractivity contribution in [3.05, 3.63) is 87.2 Å². The van der Waals surface area contributed by atoms with E-state index in [1.165, 1.54) is 42.6 Å². The maximum atomic E-state index is 12.1. The second kappa shape index (κ2) is 8.50. The van der Waals surface area contributed by atoms with E-state index in [0.717, 1.165) is 22.6 Å². The van der Waals surface area contributed by atoms with Gasteiger partial charge >= 0.3 is 0 Å². The van der Waals surface area contributed by atoms with Gasteiger partial charge in [0.2, 0.25) is 10.0 Å². The molecule has 0 aliphatic carbocycles. The lowest BCUT2D eigenvalue weighted by Crippen LogP contribution is -2.17. The first-order valence-corrected chi connectivity index (χ1v) is 10.5. The van der Waals surface area contributed by atoms with Crippen molar-refractivity contribution in [2.45, 2.75) is 18.7 Å². The van der Waals surface area contributed by atoms with Gasteiger partial charge in [-0.2, -0.15) is 5.10 Å². The van der Waals surface area contributed by atoms with Gasteiger partial charge in [-0.05, 0) is 56.3 Å². The summed E-state index contributed by atoms with van der Waals surface area (Å²) >= 11 is 0. The maximum Gasteiger partial charge on any atom is 0.271 e. The summed E-state index contributed by atoms with van der Waals surface area (Å²) in [5, 5.41) is 19.8. The number of non-ortho nitro benzene ring substituents is 1. The number of aromatic nitrogens is 1. The predicted octanol–water partition coefficient (Wildman–Crippen LogP) is 2.41. The van der Waals surface area contributed by atoms with Crippen molar-refractivity contribution in [2.75, 3.05) is 0 Å². The molecule has 10 nitrogen and oxygen atoms in total. The number of nitrogens with zero attached hydrogens (tertiary/aromatic N) is 3. The van der Waals surface area contributed by atoms with Crippen molar-refractivity contribution in [1.29, 1.82) is 0 Å². The average Bonchev–Trinajstić information content (AvgIpc) is 3.00. The van der Waals surface area contributed by atoms with Crippen molar-refractivity contribution in [2.24, 2.45) is 10.2 Å². The second-order valence-electron chi connectivity index (χ2n) is 6.70. The Morgan fingerprint density at radius 3 is 2.29 bits per heavy atom. The van der Waals surface area contributed by atoms with Crippen LogP contribution in [0.15, 0.2) is 64.6 Å². The van der Waals surface area contributed by atoms with E-state index in [-0.39, 0.29) is 16.1 Å². The van der Waals surface area contributed by atoms with Crippen LogP contribution in [0.4, 0.5) is 5.69 Å². The normalized spacial score (nSPS) is 11.6. The molecule has 1 aromatic heterocycles. The lowest BCUT2D eigenvalue weighted by atomic mass is 10.2. The van der Waals surface area contributed by atoms with Crippen LogP contribution in [0.2, 0.25) is 0 Å². The van der Waals surface area contributed by atoms with Crippen LogP contribution in [0.5, 0.6) is 0 Å². The number of hydrogen-bond donors (Lipinski definition) is 2. The van der Waals surface area contributed by atoms with Crippen LogP contribution >= 0.6 is 0 Å². The minimum atomic E-state index is -3.77. The average molecular weight is 441 g/mol. The molecule has 2 aromatic carbocycles. The summed E-state index contributed by atoms with van der Waals surface area (Å²) in [6.45, 7) is 3.74. The highest BCUT2D eigenvalue weighted by molar-refractivity contribution is 7.89. The second-order valence-corrected chi connectivity index (χ2v) is 8.27. The molecule has 3 N–H and O–H groups in total. The van der Waals surface area contributed by atoms with Crippen molar-refractivity contribution in [3.8, 4) is 5.69 Å². The monoisotopic (exact) mass is 441 g/mol. The molecule has 11 heteroatoms. The van der Waals surface area contributed by atoms with Crippen LogP contribution in [0, 0.1) is 24.0 Å². The molecule has 0 saturated heterocycles. The zero-order valence-corrected chi connectivity index (χ0v) is 17.5. The van der Waals surface area contributed by atoms with E-state index in [2.05, 4.69) is 10.5 Å². The highest BCUT2D eigenvalue weighted by atomic mass is 32.2.